The third-order valence-corrected chi connectivity index (χ3v) is 6.40. The third kappa shape index (κ3) is 5.74. The minimum absolute atomic E-state index is 0.0791. The predicted molar refractivity (Wildman–Crippen MR) is 120 cm³/mol. The average molecular weight is 457 g/mol. The van der Waals surface area contributed by atoms with E-state index in [1.807, 2.05) is 49.4 Å². The number of carbonyl (C=O) groups is 2. The molecule has 160 valence electrons. The number of anilines is 1. The standard InChI is InChI=1S/C21H20N4O4S2/c1-13-2-5-15(6-3-13)23-20(27)21-25-24-19(31-21)11-30-10-18(26)22-9-14-4-7-16-17(8-14)29-12-28-16/h2-8H,9-12H2,1H3,(H,22,26)(H,23,27). The predicted octanol–water partition coefficient (Wildman–Crippen LogP) is 3.38. The van der Waals surface area contributed by atoms with Crippen molar-refractivity contribution >= 4 is 40.6 Å². The molecule has 0 spiro atoms. The molecule has 2 amide bonds. The summed E-state index contributed by atoms with van der Waals surface area (Å²) >= 11 is 2.64. The van der Waals surface area contributed by atoms with E-state index in [0.29, 0.717) is 33.7 Å². The van der Waals surface area contributed by atoms with E-state index in [1.165, 1.54) is 23.1 Å². The number of fused-ring (bicyclic) bond motifs is 1. The highest BCUT2D eigenvalue weighted by atomic mass is 32.2. The lowest BCUT2D eigenvalue weighted by atomic mass is 10.2. The number of nitrogens with zero attached hydrogens (tertiary/aromatic N) is 2. The molecule has 1 aliphatic rings. The maximum Gasteiger partial charge on any atom is 0.286 e. The number of amides is 2. The Kier molecular flexibility index (Phi) is 6.68. The van der Waals surface area contributed by atoms with E-state index in [1.54, 1.807) is 0 Å². The molecule has 2 N–H and O–H groups in total. The summed E-state index contributed by atoms with van der Waals surface area (Å²) in [6.45, 7) is 2.62. The number of hydrogen-bond donors (Lipinski definition) is 2. The maximum absolute atomic E-state index is 12.3. The van der Waals surface area contributed by atoms with E-state index in [0.717, 1.165) is 16.9 Å². The first-order valence-corrected chi connectivity index (χ1v) is 11.5. The average Bonchev–Trinajstić information content (AvgIpc) is 3.43. The summed E-state index contributed by atoms with van der Waals surface area (Å²) in [6.07, 6.45) is 0. The number of carbonyl (C=O) groups excluding carboxylic acids is 2. The molecule has 31 heavy (non-hydrogen) atoms. The number of thioether (sulfide) groups is 1. The summed E-state index contributed by atoms with van der Waals surface area (Å²) in [4.78, 5) is 24.4. The van der Waals surface area contributed by atoms with E-state index in [9.17, 15) is 9.59 Å². The molecule has 0 bridgehead atoms. The van der Waals surface area contributed by atoms with Crippen molar-refractivity contribution < 1.29 is 19.1 Å². The number of nitrogens with one attached hydrogen (secondary N) is 2. The maximum atomic E-state index is 12.3. The Morgan fingerprint density at radius 3 is 2.74 bits per heavy atom. The highest BCUT2D eigenvalue weighted by molar-refractivity contribution is 7.99. The van der Waals surface area contributed by atoms with Crippen molar-refractivity contribution in [3.8, 4) is 11.5 Å². The van der Waals surface area contributed by atoms with Crippen molar-refractivity contribution in [2.24, 2.45) is 0 Å². The van der Waals surface area contributed by atoms with E-state index < -0.39 is 0 Å². The SMILES string of the molecule is Cc1ccc(NC(=O)c2nnc(CSCC(=O)NCc3ccc4c(c3)OCO4)s2)cc1. The molecule has 2 aromatic carbocycles. The van der Waals surface area contributed by atoms with Crippen molar-refractivity contribution in [2.45, 2.75) is 19.2 Å². The smallest absolute Gasteiger partial charge is 0.286 e. The molecule has 2 heterocycles. The van der Waals surface area contributed by atoms with Crippen LogP contribution in [0.4, 0.5) is 5.69 Å². The lowest BCUT2D eigenvalue weighted by molar-refractivity contribution is -0.118. The number of aromatic nitrogens is 2. The second-order valence-corrected chi connectivity index (χ2v) is 8.83. The van der Waals surface area contributed by atoms with Gasteiger partial charge in [-0.15, -0.1) is 22.0 Å². The summed E-state index contributed by atoms with van der Waals surface area (Å²) < 4.78 is 10.6. The Labute approximate surface area is 187 Å². The Balaban J connectivity index is 1.19. The van der Waals surface area contributed by atoms with Gasteiger partial charge in [-0.05, 0) is 36.8 Å². The molecule has 4 rings (SSSR count). The van der Waals surface area contributed by atoms with Crippen LogP contribution in [0.15, 0.2) is 42.5 Å². The summed E-state index contributed by atoms with van der Waals surface area (Å²) in [5.74, 6) is 1.83. The van der Waals surface area contributed by atoms with Crippen LogP contribution in [0.5, 0.6) is 11.5 Å². The van der Waals surface area contributed by atoms with E-state index in [-0.39, 0.29) is 24.4 Å². The van der Waals surface area contributed by atoms with Gasteiger partial charge in [0.05, 0.1) is 5.75 Å². The van der Waals surface area contributed by atoms with Crippen LogP contribution < -0.4 is 20.1 Å². The molecular formula is C21H20N4O4S2. The van der Waals surface area contributed by atoms with Crippen LogP contribution in [-0.4, -0.2) is 34.6 Å². The summed E-state index contributed by atoms with van der Waals surface area (Å²) in [7, 11) is 0. The van der Waals surface area contributed by atoms with E-state index in [2.05, 4.69) is 20.8 Å². The van der Waals surface area contributed by atoms with E-state index in [4.69, 9.17) is 9.47 Å². The number of hydrogen-bond acceptors (Lipinski definition) is 8. The Bertz CT molecular complexity index is 1090. The van der Waals surface area contributed by atoms with Gasteiger partial charge in [-0.1, -0.05) is 35.1 Å². The van der Waals surface area contributed by atoms with Gasteiger partial charge in [-0.25, -0.2) is 0 Å². The molecule has 0 fully saturated rings. The van der Waals surface area contributed by atoms with E-state index >= 15 is 0 Å². The Morgan fingerprint density at radius 2 is 1.90 bits per heavy atom. The number of aryl methyl sites for hydroxylation is 1. The summed E-state index contributed by atoms with van der Waals surface area (Å²) in [6, 6.07) is 13.1. The van der Waals surface area contributed by atoms with Gasteiger partial charge < -0.3 is 20.1 Å². The highest BCUT2D eigenvalue weighted by Gasteiger charge is 2.15. The molecular weight excluding hydrogens is 436 g/mol. The van der Waals surface area contributed by atoms with Crippen molar-refractivity contribution in [3.63, 3.8) is 0 Å². The normalized spacial score (nSPS) is 11.9. The van der Waals surface area contributed by atoms with Gasteiger partial charge in [0.1, 0.15) is 5.01 Å². The van der Waals surface area contributed by atoms with Gasteiger partial charge >= 0.3 is 0 Å². The Morgan fingerprint density at radius 1 is 1.10 bits per heavy atom. The second kappa shape index (κ2) is 9.80. The second-order valence-electron chi connectivity index (χ2n) is 6.78. The molecule has 10 heteroatoms. The number of benzene rings is 2. The van der Waals surface area contributed by atoms with Crippen LogP contribution in [-0.2, 0) is 17.1 Å². The molecule has 0 atom stereocenters. The topological polar surface area (TPSA) is 102 Å². The Hall–Kier alpha value is -3.11. The lowest BCUT2D eigenvalue weighted by Gasteiger charge is -2.06. The molecule has 0 unspecified atom stereocenters. The molecule has 0 aliphatic carbocycles. The van der Waals surface area contributed by atoms with Gasteiger partial charge in [-0.2, -0.15) is 0 Å². The minimum atomic E-state index is -0.293. The number of rotatable bonds is 8. The summed E-state index contributed by atoms with van der Waals surface area (Å²) in [5.41, 5.74) is 2.77. The number of ether oxygens (including phenoxy) is 2. The van der Waals surface area contributed by atoms with Gasteiger partial charge in [0.25, 0.3) is 5.91 Å². The fourth-order valence-corrected chi connectivity index (χ4v) is 4.40. The van der Waals surface area contributed by atoms with Crippen LogP contribution in [0.3, 0.4) is 0 Å². The monoisotopic (exact) mass is 456 g/mol. The van der Waals surface area contributed by atoms with Gasteiger partial charge in [-0.3, -0.25) is 9.59 Å². The molecule has 8 nitrogen and oxygen atoms in total. The van der Waals surface area contributed by atoms with Crippen LogP contribution in [0.25, 0.3) is 0 Å². The fraction of sp³-hybridized carbons (Fsp3) is 0.238. The molecule has 1 aromatic heterocycles. The van der Waals surface area contributed by atoms with Crippen LogP contribution in [0.1, 0.15) is 25.9 Å². The quantitative estimate of drug-likeness (QED) is 0.536. The summed E-state index contributed by atoms with van der Waals surface area (Å²) in [5, 5.41) is 14.7. The van der Waals surface area contributed by atoms with Crippen molar-refractivity contribution in [1.29, 1.82) is 0 Å². The van der Waals surface area contributed by atoms with Crippen molar-refractivity contribution in [2.75, 3.05) is 17.9 Å². The molecule has 1 aliphatic heterocycles. The molecule has 0 saturated heterocycles. The van der Waals surface area contributed by atoms with Crippen LogP contribution in [0.2, 0.25) is 0 Å². The molecule has 0 saturated carbocycles. The van der Waals surface area contributed by atoms with Crippen LogP contribution >= 0.6 is 23.1 Å². The van der Waals surface area contributed by atoms with Gasteiger partial charge in [0, 0.05) is 18.0 Å². The fourth-order valence-electron chi connectivity index (χ4n) is 2.76. The highest BCUT2D eigenvalue weighted by Crippen LogP contribution is 2.32. The lowest BCUT2D eigenvalue weighted by Crippen LogP contribution is -2.24. The largest absolute Gasteiger partial charge is 0.454 e. The third-order valence-electron chi connectivity index (χ3n) is 4.36. The first-order chi connectivity index (χ1) is 15.1. The zero-order valence-corrected chi connectivity index (χ0v) is 18.3. The first-order valence-electron chi connectivity index (χ1n) is 9.50. The minimum Gasteiger partial charge on any atom is -0.454 e. The van der Waals surface area contributed by atoms with Gasteiger partial charge in [0.15, 0.2) is 11.5 Å². The van der Waals surface area contributed by atoms with Crippen molar-refractivity contribution in [1.82, 2.24) is 15.5 Å². The molecule has 3 aromatic rings. The first kappa shape index (κ1) is 21.1. The van der Waals surface area contributed by atoms with Gasteiger partial charge in [0.2, 0.25) is 17.7 Å². The zero-order chi connectivity index (χ0) is 21.6. The molecule has 0 radical (unpaired) electrons. The van der Waals surface area contributed by atoms with Crippen LogP contribution in [0, 0.1) is 6.92 Å². The zero-order valence-electron chi connectivity index (χ0n) is 16.7. The van der Waals surface area contributed by atoms with Crippen molar-refractivity contribution in [3.05, 3.63) is 63.6 Å².